The first-order chi connectivity index (χ1) is 23.4. The third-order valence-electron chi connectivity index (χ3n) is 7.86. The number of nitrogens with zero attached hydrogens (tertiary/aromatic N) is 1. The third kappa shape index (κ3) is 12.2. The number of benzene rings is 3. The van der Waals surface area contributed by atoms with Crippen molar-refractivity contribution in [3.05, 3.63) is 101 Å². The van der Waals surface area contributed by atoms with Gasteiger partial charge in [-0.05, 0) is 90.6 Å². The Labute approximate surface area is 296 Å². The fourth-order valence-electron chi connectivity index (χ4n) is 5.44. The van der Waals surface area contributed by atoms with E-state index in [1.807, 2.05) is 69.3 Å². The van der Waals surface area contributed by atoms with Gasteiger partial charge in [-0.1, -0.05) is 79.2 Å². The van der Waals surface area contributed by atoms with Crippen molar-refractivity contribution in [1.29, 1.82) is 0 Å². The topological polar surface area (TPSA) is 134 Å². The molecule has 270 valence electrons. The number of carbonyl (C=O) groups is 4. The Kier molecular flexibility index (Phi) is 13.6. The highest BCUT2D eigenvalue weighted by Crippen LogP contribution is 2.28. The second-order valence-corrected chi connectivity index (χ2v) is 14.7. The Morgan fingerprint density at radius 2 is 1.34 bits per heavy atom. The van der Waals surface area contributed by atoms with Gasteiger partial charge in [-0.3, -0.25) is 9.59 Å². The number of nitrogens with one attached hydrogen (secondary N) is 2. The zero-order valence-corrected chi connectivity index (χ0v) is 30.8. The molecule has 3 N–H and O–H groups in total. The minimum atomic E-state index is -1.18. The van der Waals surface area contributed by atoms with Crippen LogP contribution in [0.2, 0.25) is 0 Å². The zero-order chi connectivity index (χ0) is 37.2. The van der Waals surface area contributed by atoms with E-state index in [-0.39, 0.29) is 18.6 Å². The molecular formula is C40H53N3O7. The molecule has 0 heterocycles. The average molecular weight is 688 g/mol. The second kappa shape index (κ2) is 17.2. The molecule has 3 rings (SSSR count). The molecule has 0 radical (unpaired) electrons. The minimum Gasteiger partial charge on any atom is -0.508 e. The van der Waals surface area contributed by atoms with E-state index >= 15 is 0 Å². The molecule has 3 amide bonds. The SMILES string of the molecule is CCC(C)N(C(=O)C(Cc1ccc(O)cc1)NC(=O)OC(C)(C)C)C(C(=O)NC(Cc1ccccc1)C(=O)OC(C)(C)C)c1cccc(C)c1. The van der Waals surface area contributed by atoms with E-state index < -0.39 is 59.2 Å². The molecule has 0 saturated heterocycles. The van der Waals surface area contributed by atoms with Crippen molar-refractivity contribution in [1.82, 2.24) is 15.5 Å². The van der Waals surface area contributed by atoms with Crippen LogP contribution in [0.3, 0.4) is 0 Å². The van der Waals surface area contributed by atoms with Crippen LogP contribution in [-0.4, -0.2) is 63.2 Å². The molecule has 0 saturated carbocycles. The van der Waals surface area contributed by atoms with Gasteiger partial charge in [-0.15, -0.1) is 0 Å². The van der Waals surface area contributed by atoms with Crippen LogP contribution in [0.15, 0.2) is 78.9 Å². The number of esters is 1. The highest BCUT2D eigenvalue weighted by molar-refractivity contribution is 5.94. The van der Waals surface area contributed by atoms with Crippen LogP contribution in [0, 0.1) is 6.92 Å². The maximum absolute atomic E-state index is 14.9. The van der Waals surface area contributed by atoms with Crippen LogP contribution in [0.25, 0.3) is 0 Å². The van der Waals surface area contributed by atoms with Gasteiger partial charge in [0.25, 0.3) is 0 Å². The zero-order valence-electron chi connectivity index (χ0n) is 30.8. The molecule has 0 aliphatic carbocycles. The van der Waals surface area contributed by atoms with Crippen LogP contribution >= 0.6 is 0 Å². The standard InChI is InChI=1S/C40H53N3O7/c1-10-27(3)43(36(46)32(42-38(48)50-40(7,8)9)24-29-19-21-31(44)22-20-29)34(30-18-14-15-26(2)23-30)35(45)41-33(37(47)49-39(4,5)6)25-28-16-12-11-13-17-28/h11-23,27,32-34,44H,10,24-25H2,1-9H3,(H,41,45)(H,42,48). The van der Waals surface area contributed by atoms with Gasteiger partial charge < -0.3 is 30.1 Å². The molecule has 10 heteroatoms. The molecule has 0 aliphatic heterocycles. The number of phenols is 1. The van der Waals surface area contributed by atoms with E-state index in [1.54, 1.807) is 59.7 Å². The van der Waals surface area contributed by atoms with E-state index in [2.05, 4.69) is 10.6 Å². The normalized spacial score (nSPS) is 14.0. The molecule has 0 aliphatic rings. The van der Waals surface area contributed by atoms with Gasteiger partial charge in [0.05, 0.1) is 0 Å². The number of hydrogen-bond donors (Lipinski definition) is 3. The van der Waals surface area contributed by atoms with Crippen LogP contribution in [0.1, 0.15) is 90.1 Å². The summed E-state index contributed by atoms with van der Waals surface area (Å²) < 4.78 is 11.3. The molecule has 0 fully saturated rings. The van der Waals surface area contributed by atoms with Gasteiger partial charge in [0.1, 0.15) is 35.1 Å². The lowest BCUT2D eigenvalue weighted by atomic mass is 9.96. The van der Waals surface area contributed by atoms with Crippen molar-refractivity contribution in [3.8, 4) is 5.75 Å². The van der Waals surface area contributed by atoms with Gasteiger partial charge >= 0.3 is 12.1 Å². The van der Waals surface area contributed by atoms with Gasteiger partial charge in [-0.25, -0.2) is 9.59 Å². The molecule has 50 heavy (non-hydrogen) atoms. The van der Waals surface area contributed by atoms with E-state index in [4.69, 9.17) is 9.47 Å². The van der Waals surface area contributed by atoms with Crippen molar-refractivity contribution in [3.63, 3.8) is 0 Å². The van der Waals surface area contributed by atoms with Gasteiger partial charge in [0.2, 0.25) is 11.8 Å². The number of aryl methyl sites for hydroxylation is 1. The summed E-state index contributed by atoms with van der Waals surface area (Å²) in [6.07, 6.45) is -0.0763. The molecule has 3 aromatic carbocycles. The number of carbonyl (C=O) groups excluding carboxylic acids is 4. The van der Waals surface area contributed by atoms with E-state index in [9.17, 15) is 24.3 Å². The first kappa shape index (κ1) is 39.6. The summed E-state index contributed by atoms with van der Waals surface area (Å²) in [5.41, 5.74) is 1.27. The first-order valence-electron chi connectivity index (χ1n) is 17.1. The molecule has 4 atom stereocenters. The van der Waals surface area contributed by atoms with Gasteiger partial charge in [0, 0.05) is 18.9 Å². The summed E-state index contributed by atoms with van der Waals surface area (Å²) >= 11 is 0. The maximum atomic E-state index is 14.9. The fraction of sp³-hybridized carbons (Fsp3) is 0.450. The Balaban J connectivity index is 2.13. The Morgan fingerprint density at radius 3 is 1.90 bits per heavy atom. The minimum absolute atomic E-state index is 0.0575. The number of phenolic OH excluding ortho intramolecular Hbond substituents is 1. The predicted octanol–water partition coefficient (Wildman–Crippen LogP) is 6.57. The number of amides is 3. The van der Waals surface area contributed by atoms with E-state index in [0.29, 0.717) is 17.5 Å². The monoisotopic (exact) mass is 687 g/mol. The summed E-state index contributed by atoms with van der Waals surface area (Å²) in [7, 11) is 0. The fourth-order valence-corrected chi connectivity index (χ4v) is 5.44. The predicted molar refractivity (Wildman–Crippen MR) is 193 cm³/mol. The summed E-state index contributed by atoms with van der Waals surface area (Å²) in [4.78, 5) is 57.7. The maximum Gasteiger partial charge on any atom is 0.408 e. The third-order valence-corrected chi connectivity index (χ3v) is 7.86. The summed E-state index contributed by atoms with van der Waals surface area (Å²) in [6, 6.07) is 19.1. The molecule has 0 bridgehead atoms. The number of aromatic hydroxyl groups is 1. The van der Waals surface area contributed by atoms with Gasteiger partial charge in [-0.2, -0.15) is 0 Å². The van der Waals surface area contributed by atoms with Gasteiger partial charge in [0.15, 0.2) is 0 Å². The molecular weight excluding hydrogens is 634 g/mol. The lowest BCUT2D eigenvalue weighted by Gasteiger charge is -2.39. The highest BCUT2D eigenvalue weighted by Gasteiger charge is 2.40. The highest BCUT2D eigenvalue weighted by atomic mass is 16.6. The van der Waals surface area contributed by atoms with Crippen molar-refractivity contribution in [2.45, 2.75) is 117 Å². The van der Waals surface area contributed by atoms with Crippen molar-refractivity contribution in [2.24, 2.45) is 0 Å². The lowest BCUT2D eigenvalue weighted by molar-refractivity contribution is -0.159. The van der Waals surface area contributed by atoms with Crippen LogP contribution in [-0.2, 0) is 36.7 Å². The number of ether oxygens (including phenoxy) is 2. The smallest absolute Gasteiger partial charge is 0.408 e. The molecule has 10 nitrogen and oxygen atoms in total. The first-order valence-corrected chi connectivity index (χ1v) is 17.1. The Bertz CT molecular complexity index is 1590. The summed E-state index contributed by atoms with van der Waals surface area (Å²) in [5, 5.41) is 15.6. The lowest BCUT2D eigenvalue weighted by Crippen LogP contribution is -2.57. The molecule has 4 unspecified atom stereocenters. The summed E-state index contributed by atoms with van der Waals surface area (Å²) in [5.74, 6) is -1.63. The van der Waals surface area contributed by atoms with Crippen molar-refractivity contribution < 1.29 is 33.8 Å². The summed E-state index contributed by atoms with van der Waals surface area (Å²) in [6.45, 7) is 16.1. The molecule has 0 spiro atoms. The number of rotatable bonds is 13. The van der Waals surface area contributed by atoms with E-state index in [1.165, 1.54) is 17.0 Å². The van der Waals surface area contributed by atoms with Crippen LogP contribution in [0.5, 0.6) is 5.75 Å². The largest absolute Gasteiger partial charge is 0.508 e. The van der Waals surface area contributed by atoms with Crippen LogP contribution in [0.4, 0.5) is 4.79 Å². The Hall–Kier alpha value is -4.86. The molecule has 3 aromatic rings. The number of alkyl carbamates (subject to hydrolysis) is 1. The van der Waals surface area contributed by atoms with Crippen molar-refractivity contribution in [2.75, 3.05) is 0 Å². The van der Waals surface area contributed by atoms with Crippen LogP contribution < -0.4 is 10.6 Å². The molecule has 0 aromatic heterocycles. The van der Waals surface area contributed by atoms with E-state index in [0.717, 1.165) is 11.1 Å². The quantitative estimate of drug-likeness (QED) is 0.173. The van der Waals surface area contributed by atoms with Crippen molar-refractivity contribution >= 4 is 23.9 Å². The average Bonchev–Trinajstić information content (AvgIpc) is 3.02. The number of hydrogen-bond acceptors (Lipinski definition) is 7. The second-order valence-electron chi connectivity index (χ2n) is 14.7. The Morgan fingerprint density at radius 1 is 0.760 bits per heavy atom.